The highest BCUT2D eigenvalue weighted by Gasteiger charge is 2.24. The summed E-state index contributed by atoms with van der Waals surface area (Å²) in [5.41, 5.74) is 0. The summed E-state index contributed by atoms with van der Waals surface area (Å²) in [7, 11) is 0. The molecule has 1 rings (SSSR count). The molecule has 0 aromatic carbocycles. The van der Waals surface area contributed by atoms with Crippen LogP contribution >= 0.6 is 11.8 Å². The molecule has 0 aliphatic rings. The van der Waals surface area contributed by atoms with Crippen LogP contribution in [0.25, 0.3) is 0 Å². The van der Waals surface area contributed by atoms with Crippen molar-refractivity contribution in [2.45, 2.75) is 39.0 Å². The maximum absolute atomic E-state index is 11.7. The van der Waals surface area contributed by atoms with Crippen LogP contribution in [-0.2, 0) is 11.3 Å². The minimum absolute atomic E-state index is 0.0222. The number of hydrogen-bond acceptors (Lipinski definition) is 5. The number of nitrogens with zero attached hydrogens (tertiary/aromatic N) is 3. The molecule has 1 aromatic rings. The molecular formula is C11H19N3O2S. The lowest BCUT2D eigenvalue weighted by molar-refractivity contribution is 0.0505. The van der Waals surface area contributed by atoms with Crippen LogP contribution in [0.5, 0.6) is 0 Å². The number of aryl methyl sites for hydroxylation is 1. The Hall–Kier alpha value is -1.04. The van der Waals surface area contributed by atoms with Crippen LogP contribution in [0.3, 0.4) is 0 Å². The highest BCUT2D eigenvalue weighted by atomic mass is 32.2. The first-order valence-corrected chi connectivity index (χ1v) is 6.76. The Morgan fingerprint density at radius 3 is 2.65 bits per heavy atom. The molecule has 0 atom stereocenters. The van der Waals surface area contributed by atoms with Gasteiger partial charge < -0.3 is 9.30 Å². The van der Waals surface area contributed by atoms with E-state index in [1.807, 2.05) is 17.7 Å². The molecule has 0 N–H and O–H groups in total. The normalized spacial score (nSPS) is 11.6. The summed E-state index contributed by atoms with van der Waals surface area (Å²) in [6, 6.07) is 0. The van der Waals surface area contributed by atoms with Gasteiger partial charge in [-0.1, -0.05) is 0 Å². The van der Waals surface area contributed by atoms with E-state index in [2.05, 4.69) is 24.0 Å². The molecular weight excluding hydrogens is 238 g/mol. The first kappa shape index (κ1) is 14.0. The van der Waals surface area contributed by atoms with Crippen molar-refractivity contribution in [2.75, 3.05) is 12.9 Å². The summed E-state index contributed by atoms with van der Waals surface area (Å²) in [4.78, 5) is 11.7. The summed E-state index contributed by atoms with van der Waals surface area (Å²) in [6.45, 7) is 8.87. The summed E-state index contributed by atoms with van der Waals surface area (Å²) < 4.78 is 6.80. The quantitative estimate of drug-likeness (QED) is 0.754. The van der Waals surface area contributed by atoms with E-state index in [-0.39, 0.29) is 10.6 Å². The number of esters is 1. The molecule has 0 saturated heterocycles. The van der Waals surface area contributed by atoms with Gasteiger partial charge in [-0.25, -0.2) is 4.79 Å². The monoisotopic (exact) mass is 257 g/mol. The maximum Gasteiger partial charge on any atom is 0.376 e. The molecule has 0 spiro atoms. The van der Waals surface area contributed by atoms with Gasteiger partial charge in [-0.3, -0.25) is 0 Å². The van der Waals surface area contributed by atoms with E-state index in [1.165, 1.54) is 0 Å². The van der Waals surface area contributed by atoms with Crippen molar-refractivity contribution in [2.24, 2.45) is 0 Å². The van der Waals surface area contributed by atoms with E-state index in [9.17, 15) is 4.79 Å². The number of thioether (sulfide) groups is 1. The van der Waals surface area contributed by atoms with Crippen molar-refractivity contribution in [3.8, 4) is 0 Å². The van der Waals surface area contributed by atoms with Gasteiger partial charge in [0.05, 0.1) is 6.61 Å². The molecule has 96 valence electrons. The predicted octanol–water partition coefficient (Wildman–Crippen LogP) is 1.90. The molecule has 0 unspecified atom stereocenters. The molecule has 17 heavy (non-hydrogen) atoms. The highest BCUT2D eigenvalue weighted by Crippen LogP contribution is 2.24. The number of ether oxygens (including phenoxy) is 1. The van der Waals surface area contributed by atoms with Crippen molar-refractivity contribution < 1.29 is 9.53 Å². The van der Waals surface area contributed by atoms with Crippen LogP contribution in [0.1, 0.15) is 37.2 Å². The number of carbonyl (C=O) groups excluding carboxylic acids is 1. The fourth-order valence-electron chi connectivity index (χ4n) is 1.36. The van der Waals surface area contributed by atoms with Crippen LogP contribution in [0.4, 0.5) is 0 Å². The van der Waals surface area contributed by atoms with Crippen LogP contribution in [0.15, 0.2) is 0 Å². The third-order valence-electron chi connectivity index (χ3n) is 2.49. The Bertz CT molecular complexity index is 401. The lowest BCUT2D eigenvalue weighted by atomic mass is 10.2. The van der Waals surface area contributed by atoms with Gasteiger partial charge in [-0.05, 0) is 34.0 Å². The Labute approximate surface area is 106 Å². The van der Waals surface area contributed by atoms with E-state index >= 15 is 0 Å². The average Bonchev–Trinajstić information content (AvgIpc) is 2.61. The van der Waals surface area contributed by atoms with Gasteiger partial charge in [-0.2, -0.15) is 11.8 Å². The number of carbonyl (C=O) groups is 1. The second-order valence-corrected chi connectivity index (χ2v) is 5.85. The Morgan fingerprint density at radius 1 is 1.47 bits per heavy atom. The van der Waals surface area contributed by atoms with Crippen LogP contribution in [0.2, 0.25) is 0 Å². The number of hydrogen-bond donors (Lipinski definition) is 0. The molecule has 1 aromatic heterocycles. The lowest BCUT2D eigenvalue weighted by Crippen LogP contribution is -2.26. The van der Waals surface area contributed by atoms with E-state index in [0.717, 1.165) is 5.82 Å². The second-order valence-electron chi connectivity index (χ2n) is 4.34. The Kier molecular flexibility index (Phi) is 4.56. The van der Waals surface area contributed by atoms with Gasteiger partial charge in [0, 0.05) is 11.3 Å². The predicted molar refractivity (Wildman–Crippen MR) is 68.3 cm³/mol. The number of aromatic nitrogens is 3. The zero-order valence-corrected chi connectivity index (χ0v) is 11.8. The van der Waals surface area contributed by atoms with Gasteiger partial charge in [0.1, 0.15) is 5.82 Å². The second kappa shape index (κ2) is 5.53. The molecule has 1 heterocycles. The van der Waals surface area contributed by atoms with Gasteiger partial charge in [0.2, 0.25) is 5.82 Å². The van der Waals surface area contributed by atoms with Gasteiger partial charge in [0.15, 0.2) is 0 Å². The topological polar surface area (TPSA) is 57.0 Å². The minimum Gasteiger partial charge on any atom is -0.460 e. The summed E-state index contributed by atoms with van der Waals surface area (Å²) in [6.07, 6.45) is 2.05. The van der Waals surface area contributed by atoms with E-state index in [4.69, 9.17) is 4.74 Å². The van der Waals surface area contributed by atoms with Crippen molar-refractivity contribution in [3.05, 3.63) is 11.6 Å². The molecule has 0 saturated carbocycles. The minimum atomic E-state index is -0.412. The first-order chi connectivity index (χ1) is 7.91. The standard InChI is InChI=1S/C11H19N3O2S/c1-6-16-10(15)9-13-12-8(2)14(9)7-11(3,4)17-5/h6-7H2,1-5H3. The molecule has 0 amide bonds. The highest BCUT2D eigenvalue weighted by molar-refractivity contribution is 7.99. The van der Waals surface area contributed by atoms with E-state index < -0.39 is 5.97 Å². The van der Waals surface area contributed by atoms with E-state index in [0.29, 0.717) is 13.2 Å². The summed E-state index contributed by atoms with van der Waals surface area (Å²) in [5.74, 6) is 0.603. The van der Waals surface area contributed by atoms with Crippen molar-refractivity contribution in [1.29, 1.82) is 0 Å². The van der Waals surface area contributed by atoms with E-state index in [1.54, 1.807) is 18.7 Å². The Balaban J connectivity index is 2.98. The first-order valence-electron chi connectivity index (χ1n) is 5.53. The smallest absolute Gasteiger partial charge is 0.376 e. The van der Waals surface area contributed by atoms with Crippen LogP contribution < -0.4 is 0 Å². The van der Waals surface area contributed by atoms with Crippen LogP contribution in [-0.4, -0.2) is 38.3 Å². The molecule has 6 heteroatoms. The van der Waals surface area contributed by atoms with Gasteiger partial charge in [-0.15, -0.1) is 10.2 Å². The zero-order valence-electron chi connectivity index (χ0n) is 11.0. The van der Waals surface area contributed by atoms with Gasteiger partial charge in [0.25, 0.3) is 0 Å². The van der Waals surface area contributed by atoms with Gasteiger partial charge >= 0.3 is 5.97 Å². The maximum atomic E-state index is 11.7. The van der Waals surface area contributed by atoms with Crippen molar-refractivity contribution >= 4 is 17.7 Å². The summed E-state index contributed by atoms with van der Waals surface area (Å²) in [5, 5.41) is 7.82. The lowest BCUT2D eigenvalue weighted by Gasteiger charge is -2.23. The third kappa shape index (κ3) is 3.46. The Morgan fingerprint density at radius 2 is 2.12 bits per heavy atom. The molecule has 0 radical (unpaired) electrons. The SMILES string of the molecule is CCOC(=O)c1nnc(C)n1CC(C)(C)SC. The van der Waals surface area contributed by atoms with Crippen LogP contribution in [0, 0.1) is 6.92 Å². The van der Waals surface area contributed by atoms with Crippen molar-refractivity contribution in [3.63, 3.8) is 0 Å². The zero-order chi connectivity index (χ0) is 13.1. The molecule has 5 nitrogen and oxygen atoms in total. The molecule has 0 bridgehead atoms. The average molecular weight is 257 g/mol. The third-order valence-corrected chi connectivity index (χ3v) is 3.72. The molecule has 0 fully saturated rings. The van der Waals surface area contributed by atoms with Crippen molar-refractivity contribution in [1.82, 2.24) is 14.8 Å². The largest absolute Gasteiger partial charge is 0.460 e. The fraction of sp³-hybridized carbons (Fsp3) is 0.727. The number of rotatable bonds is 5. The fourth-order valence-corrected chi connectivity index (χ4v) is 1.62. The summed E-state index contributed by atoms with van der Waals surface area (Å²) >= 11 is 1.74. The molecule has 0 aliphatic carbocycles. The molecule has 0 aliphatic heterocycles.